The van der Waals surface area contributed by atoms with Gasteiger partial charge >= 0.3 is 0 Å². The van der Waals surface area contributed by atoms with Crippen molar-refractivity contribution in [3.05, 3.63) is 66.9 Å². The highest BCUT2D eigenvalue weighted by atomic mass is 16.3. The van der Waals surface area contributed by atoms with E-state index >= 15 is 0 Å². The minimum Gasteiger partial charge on any atom is -0.391 e. The van der Waals surface area contributed by atoms with Crippen LogP contribution in [0.3, 0.4) is 0 Å². The molecule has 2 heterocycles. The predicted molar refractivity (Wildman–Crippen MR) is 99.7 cm³/mol. The SMILES string of the molecule is O=C(N[C@@H]1CC(Cn2cccn2)C[C@H]1O)c1cncnc1-c1ccccc1. The summed E-state index contributed by atoms with van der Waals surface area (Å²) in [4.78, 5) is 21.1. The van der Waals surface area contributed by atoms with E-state index in [4.69, 9.17) is 0 Å². The van der Waals surface area contributed by atoms with E-state index in [-0.39, 0.29) is 17.9 Å². The predicted octanol–water partition coefficient (Wildman–Crippen LogP) is 1.91. The second-order valence-electron chi connectivity index (χ2n) is 6.86. The molecule has 2 aromatic heterocycles. The maximum Gasteiger partial charge on any atom is 0.255 e. The van der Waals surface area contributed by atoms with Crippen LogP contribution in [-0.2, 0) is 6.54 Å². The molecule has 1 aliphatic carbocycles. The minimum absolute atomic E-state index is 0.266. The number of nitrogens with zero attached hydrogens (tertiary/aromatic N) is 4. The molecule has 1 aromatic carbocycles. The van der Waals surface area contributed by atoms with E-state index in [2.05, 4.69) is 20.4 Å². The lowest BCUT2D eigenvalue weighted by Gasteiger charge is -2.17. The molecule has 4 rings (SSSR count). The lowest BCUT2D eigenvalue weighted by Crippen LogP contribution is -2.40. The number of benzene rings is 1. The minimum atomic E-state index is -0.570. The summed E-state index contributed by atoms with van der Waals surface area (Å²) in [5.41, 5.74) is 1.85. The van der Waals surface area contributed by atoms with Crippen molar-refractivity contribution in [3.63, 3.8) is 0 Å². The molecular weight excluding hydrogens is 342 g/mol. The number of nitrogens with one attached hydrogen (secondary N) is 1. The Labute approximate surface area is 157 Å². The molecule has 1 aliphatic rings. The van der Waals surface area contributed by atoms with Gasteiger partial charge in [0.2, 0.25) is 0 Å². The fourth-order valence-corrected chi connectivity index (χ4v) is 3.66. The van der Waals surface area contributed by atoms with E-state index in [0.29, 0.717) is 24.1 Å². The van der Waals surface area contributed by atoms with Crippen LogP contribution in [0.5, 0.6) is 0 Å². The Hall–Kier alpha value is -3.06. The summed E-state index contributed by atoms with van der Waals surface area (Å²) in [6.45, 7) is 0.736. The maximum absolute atomic E-state index is 12.8. The molecule has 0 bridgehead atoms. The number of carbonyl (C=O) groups excluding carboxylic acids is 1. The van der Waals surface area contributed by atoms with Gasteiger partial charge < -0.3 is 10.4 Å². The van der Waals surface area contributed by atoms with Crippen LogP contribution in [0.25, 0.3) is 11.3 Å². The molecule has 7 heteroatoms. The molecule has 27 heavy (non-hydrogen) atoms. The van der Waals surface area contributed by atoms with Gasteiger partial charge in [0.25, 0.3) is 5.91 Å². The Morgan fingerprint density at radius 3 is 2.85 bits per heavy atom. The molecular formula is C20H21N5O2. The first-order valence-corrected chi connectivity index (χ1v) is 9.02. The van der Waals surface area contributed by atoms with Crippen molar-refractivity contribution in [2.75, 3.05) is 0 Å². The first-order chi connectivity index (χ1) is 13.2. The summed E-state index contributed by atoms with van der Waals surface area (Å²) in [6, 6.07) is 11.1. The lowest BCUT2D eigenvalue weighted by molar-refractivity contribution is 0.0872. The van der Waals surface area contributed by atoms with Crippen molar-refractivity contribution in [1.29, 1.82) is 0 Å². The topological polar surface area (TPSA) is 92.9 Å². The average Bonchev–Trinajstić information content (AvgIpc) is 3.32. The van der Waals surface area contributed by atoms with Gasteiger partial charge in [-0.15, -0.1) is 0 Å². The molecule has 1 amide bonds. The van der Waals surface area contributed by atoms with Crippen LogP contribution in [0.1, 0.15) is 23.2 Å². The molecule has 0 radical (unpaired) electrons. The molecule has 138 valence electrons. The van der Waals surface area contributed by atoms with Gasteiger partial charge in [-0.25, -0.2) is 9.97 Å². The maximum atomic E-state index is 12.8. The molecule has 1 saturated carbocycles. The lowest BCUT2D eigenvalue weighted by atomic mass is 10.1. The van der Waals surface area contributed by atoms with E-state index < -0.39 is 6.10 Å². The smallest absolute Gasteiger partial charge is 0.255 e. The second-order valence-corrected chi connectivity index (χ2v) is 6.86. The van der Waals surface area contributed by atoms with Gasteiger partial charge in [-0.3, -0.25) is 9.48 Å². The molecule has 7 nitrogen and oxygen atoms in total. The zero-order valence-electron chi connectivity index (χ0n) is 14.8. The highest BCUT2D eigenvalue weighted by Crippen LogP contribution is 2.28. The normalized spacial score (nSPS) is 21.9. The van der Waals surface area contributed by atoms with Crippen molar-refractivity contribution >= 4 is 5.91 Å². The molecule has 0 saturated heterocycles. The van der Waals surface area contributed by atoms with Crippen LogP contribution < -0.4 is 5.32 Å². The van der Waals surface area contributed by atoms with Crippen molar-refractivity contribution < 1.29 is 9.90 Å². The molecule has 0 aliphatic heterocycles. The zero-order chi connectivity index (χ0) is 18.6. The van der Waals surface area contributed by atoms with Crippen molar-refractivity contribution in [2.24, 2.45) is 5.92 Å². The summed E-state index contributed by atoms with van der Waals surface area (Å²) < 4.78 is 1.86. The molecule has 1 fully saturated rings. The monoisotopic (exact) mass is 363 g/mol. The number of amides is 1. The number of hydrogen-bond acceptors (Lipinski definition) is 5. The van der Waals surface area contributed by atoms with Crippen LogP contribution in [0.2, 0.25) is 0 Å². The third-order valence-electron chi connectivity index (χ3n) is 4.95. The highest BCUT2D eigenvalue weighted by Gasteiger charge is 2.34. The quantitative estimate of drug-likeness (QED) is 0.722. The van der Waals surface area contributed by atoms with Gasteiger partial charge in [-0.1, -0.05) is 30.3 Å². The van der Waals surface area contributed by atoms with Gasteiger partial charge in [0, 0.05) is 30.7 Å². The van der Waals surface area contributed by atoms with E-state index in [1.54, 1.807) is 6.20 Å². The largest absolute Gasteiger partial charge is 0.391 e. The Kier molecular flexibility index (Phi) is 4.93. The Balaban J connectivity index is 1.47. The summed E-state index contributed by atoms with van der Waals surface area (Å²) in [5.74, 6) is 0.00376. The molecule has 2 N–H and O–H groups in total. The summed E-state index contributed by atoms with van der Waals surface area (Å²) >= 11 is 0. The Morgan fingerprint density at radius 1 is 1.22 bits per heavy atom. The summed E-state index contributed by atoms with van der Waals surface area (Å²) in [6.07, 6.45) is 7.38. The van der Waals surface area contributed by atoms with Gasteiger partial charge in [-0.2, -0.15) is 5.10 Å². The van der Waals surface area contributed by atoms with Crippen LogP contribution in [0, 0.1) is 5.92 Å². The van der Waals surface area contributed by atoms with Crippen LogP contribution in [0.4, 0.5) is 0 Å². The van der Waals surface area contributed by atoms with Crippen molar-refractivity contribution in [1.82, 2.24) is 25.1 Å². The van der Waals surface area contributed by atoms with E-state index in [1.165, 1.54) is 12.5 Å². The van der Waals surface area contributed by atoms with Gasteiger partial charge in [0.15, 0.2) is 0 Å². The molecule has 1 unspecified atom stereocenters. The number of aliphatic hydroxyl groups is 1. The van der Waals surface area contributed by atoms with Crippen molar-refractivity contribution in [2.45, 2.75) is 31.5 Å². The second kappa shape index (κ2) is 7.67. The van der Waals surface area contributed by atoms with Crippen LogP contribution >= 0.6 is 0 Å². The van der Waals surface area contributed by atoms with Crippen LogP contribution in [0.15, 0.2) is 61.3 Å². The Morgan fingerprint density at radius 2 is 2.07 bits per heavy atom. The van der Waals surface area contributed by atoms with E-state index in [9.17, 15) is 9.90 Å². The number of aromatic nitrogens is 4. The molecule has 3 atom stereocenters. The number of carbonyl (C=O) groups is 1. The fraction of sp³-hybridized carbons (Fsp3) is 0.300. The summed E-state index contributed by atoms with van der Waals surface area (Å²) in [7, 11) is 0. The standard InChI is InChI=1S/C20H21N5O2/c26-18-10-14(12-25-8-4-7-23-25)9-17(18)24-20(27)16-11-21-13-22-19(16)15-5-2-1-3-6-15/h1-8,11,13-14,17-18,26H,9-10,12H2,(H,24,27)/t14?,17-,18-/m1/s1. The number of aliphatic hydroxyl groups excluding tert-OH is 1. The first kappa shape index (κ1) is 17.4. The average molecular weight is 363 g/mol. The summed E-state index contributed by atoms with van der Waals surface area (Å²) in [5, 5.41) is 17.6. The van der Waals surface area contributed by atoms with Gasteiger partial charge in [0.05, 0.1) is 23.4 Å². The first-order valence-electron chi connectivity index (χ1n) is 9.02. The highest BCUT2D eigenvalue weighted by molar-refractivity contribution is 5.99. The third-order valence-corrected chi connectivity index (χ3v) is 4.95. The van der Waals surface area contributed by atoms with Crippen molar-refractivity contribution in [3.8, 4) is 11.3 Å². The van der Waals surface area contributed by atoms with Crippen LogP contribution in [-0.4, -0.2) is 42.9 Å². The fourth-order valence-electron chi connectivity index (χ4n) is 3.66. The molecule has 3 aromatic rings. The Bertz CT molecular complexity index is 898. The molecule has 0 spiro atoms. The van der Waals surface area contributed by atoms with E-state index in [0.717, 1.165) is 12.1 Å². The number of rotatable bonds is 5. The van der Waals surface area contributed by atoms with Gasteiger partial charge in [-0.05, 0) is 24.8 Å². The zero-order valence-corrected chi connectivity index (χ0v) is 14.8. The van der Waals surface area contributed by atoms with E-state index in [1.807, 2.05) is 47.3 Å². The number of hydrogen-bond donors (Lipinski definition) is 2. The third kappa shape index (κ3) is 3.88. The van der Waals surface area contributed by atoms with Gasteiger partial charge in [0.1, 0.15) is 6.33 Å².